The number of carbonyl (C=O) groups is 2. The average molecular weight is 304 g/mol. The lowest BCUT2D eigenvalue weighted by Gasteiger charge is -2.35. The van der Waals surface area contributed by atoms with E-state index in [2.05, 4.69) is 22.5 Å². The van der Waals surface area contributed by atoms with E-state index in [9.17, 15) is 9.59 Å². The fourth-order valence-electron chi connectivity index (χ4n) is 2.67. The van der Waals surface area contributed by atoms with Gasteiger partial charge < -0.3 is 15.5 Å². The number of nitrogens with zero attached hydrogens (tertiary/aromatic N) is 2. The van der Waals surface area contributed by atoms with Gasteiger partial charge in [0, 0.05) is 31.5 Å². The van der Waals surface area contributed by atoms with Crippen molar-refractivity contribution in [3.8, 4) is 0 Å². The molecule has 0 bridgehead atoms. The van der Waals surface area contributed by atoms with Gasteiger partial charge in [0.15, 0.2) is 0 Å². The van der Waals surface area contributed by atoms with E-state index in [0.717, 1.165) is 24.9 Å². The minimum atomic E-state index is -0.519. The van der Waals surface area contributed by atoms with E-state index in [-0.39, 0.29) is 18.0 Å². The van der Waals surface area contributed by atoms with Crippen molar-refractivity contribution in [1.82, 2.24) is 20.5 Å². The smallest absolute Gasteiger partial charge is 0.315 e. The third-order valence-corrected chi connectivity index (χ3v) is 3.98. The van der Waals surface area contributed by atoms with Crippen LogP contribution in [0.5, 0.6) is 0 Å². The van der Waals surface area contributed by atoms with E-state index < -0.39 is 6.04 Å². The molecule has 6 heteroatoms. The van der Waals surface area contributed by atoms with E-state index in [1.165, 1.54) is 6.42 Å². The van der Waals surface area contributed by atoms with Crippen molar-refractivity contribution in [2.24, 2.45) is 0 Å². The first-order valence-corrected chi connectivity index (χ1v) is 7.81. The number of nitrogens with one attached hydrogen (secondary N) is 2. The Morgan fingerprint density at radius 2 is 2.27 bits per heavy atom. The summed E-state index contributed by atoms with van der Waals surface area (Å²) in [5.41, 5.74) is 0.918. The molecule has 22 heavy (non-hydrogen) atoms. The Balaban J connectivity index is 1.79. The molecule has 6 nitrogen and oxygen atoms in total. The van der Waals surface area contributed by atoms with Crippen LogP contribution in [0.3, 0.4) is 0 Å². The molecule has 0 unspecified atom stereocenters. The maximum absolute atomic E-state index is 12.4. The van der Waals surface area contributed by atoms with Crippen molar-refractivity contribution < 1.29 is 9.59 Å². The Morgan fingerprint density at radius 1 is 1.45 bits per heavy atom. The number of rotatable bonds is 4. The first kappa shape index (κ1) is 16.3. The van der Waals surface area contributed by atoms with Gasteiger partial charge in [-0.15, -0.1) is 0 Å². The molecule has 2 atom stereocenters. The lowest BCUT2D eigenvalue weighted by Crippen LogP contribution is -2.53. The van der Waals surface area contributed by atoms with E-state index >= 15 is 0 Å². The number of hydrogen-bond acceptors (Lipinski definition) is 3. The SMILES string of the molecule is C[C@@H]1CCCCN1C(=O)[C@@H](C)NC(=O)NCc1cccnc1. The van der Waals surface area contributed by atoms with Crippen LogP contribution in [0.1, 0.15) is 38.7 Å². The van der Waals surface area contributed by atoms with Crippen molar-refractivity contribution in [3.05, 3.63) is 30.1 Å². The quantitative estimate of drug-likeness (QED) is 0.888. The Kier molecular flexibility index (Phi) is 5.75. The van der Waals surface area contributed by atoms with Gasteiger partial charge in [0.2, 0.25) is 5.91 Å². The van der Waals surface area contributed by atoms with Crippen LogP contribution in [0.15, 0.2) is 24.5 Å². The van der Waals surface area contributed by atoms with Crippen LogP contribution in [-0.2, 0) is 11.3 Å². The molecular formula is C16H24N4O2. The van der Waals surface area contributed by atoms with E-state index in [1.807, 2.05) is 17.0 Å². The average Bonchev–Trinajstić information content (AvgIpc) is 2.53. The van der Waals surface area contributed by atoms with Crippen molar-refractivity contribution in [3.63, 3.8) is 0 Å². The van der Waals surface area contributed by atoms with E-state index in [0.29, 0.717) is 6.54 Å². The van der Waals surface area contributed by atoms with Gasteiger partial charge in [-0.05, 0) is 44.7 Å². The molecule has 1 aliphatic rings. The van der Waals surface area contributed by atoms with E-state index in [4.69, 9.17) is 0 Å². The monoisotopic (exact) mass is 304 g/mol. The second kappa shape index (κ2) is 7.77. The van der Waals surface area contributed by atoms with Crippen LogP contribution in [0, 0.1) is 0 Å². The second-order valence-electron chi connectivity index (χ2n) is 5.79. The lowest BCUT2D eigenvalue weighted by atomic mass is 10.0. The fraction of sp³-hybridized carbons (Fsp3) is 0.562. The molecule has 1 fully saturated rings. The van der Waals surface area contributed by atoms with Gasteiger partial charge in [-0.2, -0.15) is 0 Å². The maximum atomic E-state index is 12.4. The molecule has 120 valence electrons. The zero-order chi connectivity index (χ0) is 15.9. The summed E-state index contributed by atoms with van der Waals surface area (Å²) in [6, 6.07) is 3.10. The summed E-state index contributed by atoms with van der Waals surface area (Å²) in [6.07, 6.45) is 6.62. The molecule has 2 heterocycles. The van der Waals surface area contributed by atoms with Gasteiger partial charge in [0.05, 0.1) is 0 Å². The highest BCUT2D eigenvalue weighted by Gasteiger charge is 2.27. The van der Waals surface area contributed by atoms with Crippen LogP contribution in [0.4, 0.5) is 4.79 Å². The van der Waals surface area contributed by atoms with Gasteiger partial charge in [-0.1, -0.05) is 6.07 Å². The van der Waals surface area contributed by atoms with Crippen molar-refractivity contribution in [1.29, 1.82) is 0 Å². The minimum absolute atomic E-state index is 0.0104. The number of pyridine rings is 1. The summed E-state index contributed by atoms with van der Waals surface area (Å²) in [4.78, 5) is 30.1. The van der Waals surface area contributed by atoms with Crippen molar-refractivity contribution in [2.75, 3.05) is 6.54 Å². The summed E-state index contributed by atoms with van der Waals surface area (Å²) in [6.45, 7) is 4.96. The molecule has 2 rings (SSSR count). The Morgan fingerprint density at radius 3 is 2.95 bits per heavy atom. The largest absolute Gasteiger partial charge is 0.338 e. The molecule has 0 aromatic carbocycles. The highest BCUT2D eigenvalue weighted by molar-refractivity contribution is 5.86. The van der Waals surface area contributed by atoms with Gasteiger partial charge in [-0.25, -0.2) is 4.79 Å². The Labute approximate surface area is 131 Å². The molecule has 0 spiro atoms. The first-order chi connectivity index (χ1) is 10.6. The zero-order valence-electron chi connectivity index (χ0n) is 13.2. The number of amides is 3. The summed E-state index contributed by atoms with van der Waals surface area (Å²) in [5, 5.41) is 5.44. The molecule has 1 aromatic rings. The van der Waals surface area contributed by atoms with Crippen LogP contribution < -0.4 is 10.6 Å². The van der Waals surface area contributed by atoms with Gasteiger partial charge in [0.1, 0.15) is 6.04 Å². The van der Waals surface area contributed by atoms with Crippen LogP contribution >= 0.6 is 0 Å². The second-order valence-corrected chi connectivity index (χ2v) is 5.79. The topological polar surface area (TPSA) is 74.3 Å². The first-order valence-electron chi connectivity index (χ1n) is 7.81. The van der Waals surface area contributed by atoms with Crippen molar-refractivity contribution >= 4 is 11.9 Å². The summed E-state index contributed by atoms with van der Waals surface area (Å²) < 4.78 is 0. The highest BCUT2D eigenvalue weighted by atomic mass is 16.2. The normalized spacial score (nSPS) is 19.4. The van der Waals surface area contributed by atoms with E-state index in [1.54, 1.807) is 19.3 Å². The minimum Gasteiger partial charge on any atom is -0.338 e. The number of carbonyl (C=O) groups excluding carboxylic acids is 2. The Bertz CT molecular complexity index is 506. The van der Waals surface area contributed by atoms with Gasteiger partial charge in [0.25, 0.3) is 0 Å². The van der Waals surface area contributed by atoms with Crippen LogP contribution in [0.25, 0.3) is 0 Å². The van der Waals surface area contributed by atoms with Crippen molar-refractivity contribution in [2.45, 2.75) is 51.7 Å². The molecule has 1 aromatic heterocycles. The van der Waals surface area contributed by atoms with Crippen LogP contribution in [-0.4, -0.2) is 40.5 Å². The molecule has 0 saturated carbocycles. The molecule has 2 N–H and O–H groups in total. The number of likely N-dealkylation sites (tertiary alicyclic amines) is 1. The fourth-order valence-corrected chi connectivity index (χ4v) is 2.67. The highest BCUT2D eigenvalue weighted by Crippen LogP contribution is 2.17. The number of aromatic nitrogens is 1. The standard InChI is InChI=1S/C16H24N4O2/c1-12-6-3-4-9-20(12)15(21)13(2)19-16(22)18-11-14-7-5-8-17-10-14/h5,7-8,10,12-13H,3-4,6,9,11H2,1-2H3,(H2,18,19,22)/t12-,13-/m1/s1. The molecule has 0 radical (unpaired) electrons. The number of hydrogen-bond donors (Lipinski definition) is 2. The van der Waals surface area contributed by atoms with Gasteiger partial charge in [-0.3, -0.25) is 9.78 Å². The number of urea groups is 1. The van der Waals surface area contributed by atoms with Crippen LogP contribution in [0.2, 0.25) is 0 Å². The molecular weight excluding hydrogens is 280 g/mol. The van der Waals surface area contributed by atoms with Gasteiger partial charge >= 0.3 is 6.03 Å². The molecule has 3 amide bonds. The summed E-state index contributed by atoms with van der Waals surface area (Å²) >= 11 is 0. The molecule has 0 aliphatic carbocycles. The predicted octanol–water partition coefficient (Wildman–Crippen LogP) is 1.67. The molecule has 1 saturated heterocycles. The third-order valence-electron chi connectivity index (χ3n) is 3.98. The molecule has 1 aliphatic heterocycles. The Hall–Kier alpha value is -2.11. The predicted molar refractivity (Wildman–Crippen MR) is 84.1 cm³/mol. The lowest BCUT2D eigenvalue weighted by molar-refractivity contribution is -0.136. The zero-order valence-corrected chi connectivity index (χ0v) is 13.2. The maximum Gasteiger partial charge on any atom is 0.315 e. The summed E-state index contributed by atoms with van der Waals surface area (Å²) in [7, 11) is 0. The summed E-state index contributed by atoms with van der Waals surface area (Å²) in [5.74, 6) is -0.0104. The number of piperidine rings is 1. The third kappa shape index (κ3) is 4.44.